The van der Waals surface area contributed by atoms with E-state index in [1.165, 1.54) is 0 Å². The van der Waals surface area contributed by atoms with Crippen LogP contribution in [0.3, 0.4) is 0 Å². The number of benzene rings is 1. The lowest BCUT2D eigenvalue weighted by molar-refractivity contribution is 0.153. The Bertz CT molecular complexity index is 927. The van der Waals surface area contributed by atoms with Gasteiger partial charge in [0.1, 0.15) is 5.76 Å². The van der Waals surface area contributed by atoms with Crippen LogP contribution in [-0.4, -0.2) is 48.5 Å². The van der Waals surface area contributed by atoms with Crippen LogP contribution in [0.5, 0.6) is 17.2 Å². The lowest BCUT2D eigenvalue weighted by Crippen LogP contribution is -2.62. The smallest absolute Gasteiger partial charge is 0.203 e. The van der Waals surface area contributed by atoms with Gasteiger partial charge in [-0.25, -0.2) is 0 Å². The van der Waals surface area contributed by atoms with Crippen LogP contribution in [0.1, 0.15) is 51.9 Å². The Balaban J connectivity index is 1.86. The fourth-order valence-electron chi connectivity index (χ4n) is 4.97. The summed E-state index contributed by atoms with van der Waals surface area (Å²) in [6.45, 7) is 10.0. The molecule has 0 aliphatic carbocycles. The summed E-state index contributed by atoms with van der Waals surface area (Å²) >= 11 is 5.92. The number of furan rings is 1. The molecule has 1 aliphatic rings. The van der Waals surface area contributed by atoms with Gasteiger partial charge in [0.05, 0.1) is 34.1 Å². The standard InChI is InChI=1S/C25H37N3O4S/c1-24(2)13-18(14-25(3,4)27-24)26-23(33)28(16-19-9-8-12-32-19)15-17-10-11-20(29-5)22(31-7)21(17)30-6/h8-12,18,27H,13-16H2,1-7H3,(H,26,33). The number of thiocarbonyl (C=S) groups is 1. The highest BCUT2D eigenvalue weighted by Gasteiger charge is 2.38. The SMILES string of the molecule is COc1ccc(CN(Cc2ccco2)C(=S)NC2CC(C)(C)NC(C)(C)C2)c(OC)c1OC. The van der Waals surface area contributed by atoms with Crippen LogP contribution in [0.2, 0.25) is 0 Å². The van der Waals surface area contributed by atoms with Crippen LogP contribution in [-0.2, 0) is 13.1 Å². The Morgan fingerprint density at radius 3 is 2.24 bits per heavy atom. The second-order valence-corrected chi connectivity index (χ2v) is 10.3. The number of piperidine rings is 1. The summed E-state index contributed by atoms with van der Waals surface area (Å²) in [4.78, 5) is 2.10. The molecule has 2 N–H and O–H groups in total. The maximum absolute atomic E-state index is 5.92. The van der Waals surface area contributed by atoms with Crippen molar-refractivity contribution < 1.29 is 18.6 Å². The van der Waals surface area contributed by atoms with Crippen LogP contribution in [0.4, 0.5) is 0 Å². The van der Waals surface area contributed by atoms with E-state index >= 15 is 0 Å². The van der Waals surface area contributed by atoms with Gasteiger partial charge < -0.3 is 34.2 Å². The van der Waals surface area contributed by atoms with Gasteiger partial charge in [-0.05, 0) is 77.0 Å². The highest BCUT2D eigenvalue weighted by Crippen LogP contribution is 2.40. The van der Waals surface area contributed by atoms with Gasteiger partial charge >= 0.3 is 0 Å². The molecule has 182 valence electrons. The van der Waals surface area contributed by atoms with E-state index in [0.29, 0.717) is 35.5 Å². The minimum absolute atomic E-state index is 0.0213. The second kappa shape index (κ2) is 10.2. The summed E-state index contributed by atoms with van der Waals surface area (Å²) in [5.41, 5.74) is 0.984. The summed E-state index contributed by atoms with van der Waals surface area (Å²) < 4.78 is 22.3. The summed E-state index contributed by atoms with van der Waals surface area (Å²) in [7, 11) is 4.85. The topological polar surface area (TPSA) is 68.1 Å². The first-order chi connectivity index (χ1) is 15.6. The van der Waals surface area contributed by atoms with Crippen molar-refractivity contribution in [1.29, 1.82) is 0 Å². The van der Waals surface area contributed by atoms with Gasteiger partial charge in [-0.2, -0.15) is 0 Å². The number of rotatable bonds is 8. The Morgan fingerprint density at radius 1 is 1.03 bits per heavy atom. The first-order valence-electron chi connectivity index (χ1n) is 11.2. The maximum atomic E-state index is 5.92. The maximum Gasteiger partial charge on any atom is 0.203 e. The lowest BCUT2D eigenvalue weighted by Gasteiger charge is -2.47. The highest BCUT2D eigenvalue weighted by atomic mass is 32.1. The molecule has 0 spiro atoms. The van der Waals surface area contributed by atoms with Crippen molar-refractivity contribution in [3.05, 3.63) is 41.9 Å². The second-order valence-electron chi connectivity index (χ2n) is 9.88. The van der Waals surface area contributed by atoms with Crippen molar-refractivity contribution in [2.75, 3.05) is 21.3 Å². The molecule has 3 rings (SSSR count). The predicted octanol–water partition coefficient (Wildman–Crippen LogP) is 4.49. The average molecular weight is 476 g/mol. The van der Waals surface area contributed by atoms with Crippen LogP contribution in [0.15, 0.2) is 34.9 Å². The van der Waals surface area contributed by atoms with Gasteiger partial charge in [0.15, 0.2) is 16.6 Å². The van der Waals surface area contributed by atoms with Crippen LogP contribution in [0.25, 0.3) is 0 Å². The third-order valence-electron chi connectivity index (χ3n) is 5.88. The van der Waals surface area contributed by atoms with E-state index in [9.17, 15) is 0 Å². The van der Waals surface area contributed by atoms with E-state index in [4.69, 9.17) is 30.8 Å². The molecule has 0 radical (unpaired) electrons. The number of methoxy groups -OCH3 is 3. The minimum atomic E-state index is 0.0213. The van der Waals surface area contributed by atoms with E-state index in [1.54, 1.807) is 27.6 Å². The van der Waals surface area contributed by atoms with E-state index in [2.05, 4.69) is 43.2 Å². The Hall–Kier alpha value is -2.45. The molecule has 1 fully saturated rings. The summed E-state index contributed by atoms with van der Waals surface area (Å²) in [5, 5.41) is 8.04. The van der Waals surface area contributed by atoms with Crippen molar-refractivity contribution in [3.8, 4) is 17.2 Å². The molecule has 1 saturated heterocycles. The molecule has 1 aromatic heterocycles. The van der Waals surface area contributed by atoms with Crippen LogP contribution >= 0.6 is 12.2 Å². The zero-order valence-electron chi connectivity index (χ0n) is 20.8. The molecule has 8 heteroatoms. The Labute approximate surface area is 202 Å². The number of nitrogens with zero attached hydrogens (tertiary/aromatic N) is 1. The molecule has 0 unspecified atom stereocenters. The normalized spacial score (nSPS) is 17.3. The molecule has 33 heavy (non-hydrogen) atoms. The number of nitrogens with one attached hydrogen (secondary N) is 2. The molecule has 0 bridgehead atoms. The fraction of sp³-hybridized carbons (Fsp3) is 0.560. The Morgan fingerprint density at radius 2 is 1.70 bits per heavy atom. The van der Waals surface area contributed by atoms with Gasteiger partial charge in [-0.1, -0.05) is 0 Å². The van der Waals surface area contributed by atoms with Gasteiger partial charge in [-0.3, -0.25) is 0 Å². The van der Waals surface area contributed by atoms with Crippen LogP contribution < -0.4 is 24.8 Å². The quantitative estimate of drug-likeness (QED) is 0.542. The van der Waals surface area contributed by atoms with Gasteiger partial charge in [0, 0.05) is 29.2 Å². The van der Waals surface area contributed by atoms with Crippen molar-refractivity contribution in [1.82, 2.24) is 15.5 Å². The largest absolute Gasteiger partial charge is 0.493 e. The Kier molecular flexibility index (Phi) is 7.80. The van der Waals surface area contributed by atoms with E-state index in [1.807, 2.05) is 24.3 Å². The average Bonchev–Trinajstić information content (AvgIpc) is 3.23. The molecular formula is C25H37N3O4S. The summed E-state index contributed by atoms with van der Waals surface area (Å²) in [6, 6.07) is 7.97. The fourth-order valence-corrected chi connectivity index (χ4v) is 5.27. The molecule has 7 nitrogen and oxygen atoms in total. The lowest BCUT2D eigenvalue weighted by atomic mass is 9.80. The van der Waals surface area contributed by atoms with E-state index in [-0.39, 0.29) is 17.1 Å². The molecule has 0 amide bonds. The molecule has 1 aromatic carbocycles. The zero-order valence-corrected chi connectivity index (χ0v) is 21.6. The number of ether oxygens (including phenoxy) is 3. The summed E-state index contributed by atoms with van der Waals surface area (Å²) in [6.07, 6.45) is 3.63. The van der Waals surface area contributed by atoms with E-state index in [0.717, 1.165) is 24.2 Å². The molecule has 0 atom stereocenters. The predicted molar refractivity (Wildman–Crippen MR) is 134 cm³/mol. The first kappa shape index (κ1) is 25.2. The summed E-state index contributed by atoms with van der Waals surface area (Å²) in [5.74, 6) is 2.66. The van der Waals surface area contributed by atoms with Gasteiger partial charge in [0.25, 0.3) is 0 Å². The third-order valence-corrected chi connectivity index (χ3v) is 6.25. The molecular weight excluding hydrogens is 438 g/mol. The monoisotopic (exact) mass is 475 g/mol. The van der Waals surface area contributed by atoms with Crippen LogP contribution in [0, 0.1) is 0 Å². The van der Waals surface area contributed by atoms with Gasteiger partial charge in [0.2, 0.25) is 5.75 Å². The molecule has 0 saturated carbocycles. The van der Waals surface area contributed by atoms with Crippen molar-refractivity contribution in [3.63, 3.8) is 0 Å². The minimum Gasteiger partial charge on any atom is -0.493 e. The van der Waals surface area contributed by atoms with E-state index < -0.39 is 0 Å². The molecule has 1 aliphatic heterocycles. The third kappa shape index (κ3) is 6.32. The zero-order chi connectivity index (χ0) is 24.2. The first-order valence-corrected chi connectivity index (χ1v) is 11.6. The van der Waals surface area contributed by atoms with Gasteiger partial charge in [-0.15, -0.1) is 0 Å². The van der Waals surface area contributed by atoms with Crippen molar-refractivity contribution in [2.45, 2.75) is 70.7 Å². The van der Waals surface area contributed by atoms with Crippen molar-refractivity contribution in [2.24, 2.45) is 0 Å². The highest BCUT2D eigenvalue weighted by molar-refractivity contribution is 7.80. The molecule has 2 heterocycles. The number of hydrogen-bond acceptors (Lipinski definition) is 6. The molecule has 2 aromatic rings. The number of hydrogen-bond donors (Lipinski definition) is 2. The van der Waals surface area contributed by atoms with Crippen molar-refractivity contribution >= 4 is 17.3 Å².